The molecule has 2 rings (SSSR count). The standard InChI is InChI=1S/C14H25N3S/c1-5-15-10(3)13-11(4)16-14(18-13)17(6-2)9-12-7-8-12/h10,12,15H,5-9H2,1-4H3. The Labute approximate surface area is 115 Å². The Balaban J connectivity index is 2.09. The summed E-state index contributed by atoms with van der Waals surface area (Å²) < 4.78 is 0. The summed E-state index contributed by atoms with van der Waals surface area (Å²) in [5.74, 6) is 0.920. The van der Waals surface area contributed by atoms with Crippen LogP contribution in [0.3, 0.4) is 0 Å². The Kier molecular flexibility index (Phi) is 4.62. The van der Waals surface area contributed by atoms with Crippen molar-refractivity contribution in [1.29, 1.82) is 0 Å². The number of anilines is 1. The molecule has 18 heavy (non-hydrogen) atoms. The highest BCUT2D eigenvalue weighted by molar-refractivity contribution is 7.15. The smallest absolute Gasteiger partial charge is 0.185 e. The van der Waals surface area contributed by atoms with E-state index in [4.69, 9.17) is 4.98 Å². The lowest BCUT2D eigenvalue weighted by Crippen LogP contribution is -2.24. The molecule has 0 aromatic carbocycles. The zero-order valence-corrected chi connectivity index (χ0v) is 12.8. The van der Waals surface area contributed by atoms with E-state index in [0.29, 0.717) is 6.04 Å². The fourth-order valence-electron chi connectivity index (χ4n) is 2.28. The molecule has 1 N–H and O–H groups in total. The maximum Gasteiger partial charge on any atom is 0.185 e. The van der Waals surface area contributed by atoms with Gasteiger partial charge >= 0.3 is 0 Å². The van der Waals surface area contributed by atoms with E-state index < -0.39 is 0 Å². The molecular weight excluding hydrogens is 242 g/mol. The fraction of sp³-hybridized carbons (Fsp3) is 0.786. The van der Waals surface area contributed by atoms with E-state index in [9.17, 15) is 0 Å². The van der Waals surface area contributed by atoms with Crippen LogP contribution in [-0.4, -0.2) is 24.6 Å². The van der Waals surface area contributed by atoms with Gasteiger partial charge in [0.1, 0.15) is 0 Å². The van der Waals surface area contributed by atoms with Gasteiger partial charge in [-0.15, -0.1) is 11.3 Å². The van der Waals surface area contributed by atoms with Crippen molar-refractivity contribution in [3.63, 3.8) is 0 Å². The Bertz CT molecular complexity index is 384. The number of aromatic nitrogens is 1. The molecule has 0 aliphatic heterocycles. The first-order chi connectivity index (χ1) is 8.65. The minimum absolute atomic E-state index is 0.417. The molecule has 1 saturated carbocycles. The maximum atomic E-state index is 4.77. The molecule has 1 fully saturated rings. The molecule has 3 nitrogen and oxygen atoms in total. The van der Waals surface area contributed by atoms with Crippen LogP contribution in [0.4, 0.5) is 5.13 Å². The second kappa shape index (κ2) is 6.02. The van der Waals surface area contributed by atoms with Gasteiger partial charge in [-0.25, -0.2) is 4.98 Å². The number of nitrogens with one attached hydrogen (secondary N) is 1. The summed E-state index contributed by atoms with van der Waals surface area (Å²) in [7, 11) is 0. The predicted molar refractivity (Wildman–Crippen MR) is 79.6 cm³/mol. The first-order valence-electron chi connectivity index (χ1n) is 7.11. The summed E-state index contributed by atoms with van der Waals surface area (Å²) >= 11 is 1.86. The van der Waals surface area contributed by atoms with Gasteiger partial charge < -0.3 is 10.2 Å². The third-order valence-corrected chi connectivity index (χ3v) is 4.95. The minimum Gasteiger partial charge on any atom is -0.348 e. The summed E-state index contributed by atoms with van der Waals surface area (Å²) in [6.07, 6.45) is 2.81. The predicted octanol–water partition coefficient (Wildman–Crippen LogP) is 3.36. The van der Waals surface area contributed by atoms with Gasteiger partial charge in [-0.05, 0) is 46.1 Å². The van der Waals surface area contributed by atoms with E-state index >= 15 is 0 Å². The largest absolute Gasteiger partial charge is 0.348 e. The van der Waals surface area contributed by atoms with Crippen molar-refractivity contribution in [3.05, 3.63) is 10.6 Å². The van der Waals surface area contributed by atoms with Crippen LogP contribution in [0, 0.1) is 12.8 Å². The summed E-state index contributed by atoms with van der Waals surface area (Å²) in [5.41, 5.74) is 1.19. The van der Waals surface area contributed by atoms with Crippen LogP contribution in [-0.2, 0) is 0 Å². The van der Waals surface area contributed by atoms with Gasteiger partial charge in [0.15, 0.2) is 5.13 Å². The molecule has 1 aliphatic carbocycles. The highest BCUT2D eigenvalue weighted by Gasteiger charge is 2.25. The van der Waals surface area contributed by atoms with Crippen molar-refractivity contribution in [2.24, 2.45) is 5.92 Å². The van der Waals surface area contributed by atoms with Crippen molar-refractivity contribution in [1.82, 2.24) is 10.3 Å². The Morgan fingerprint density at radius 3 is 2.72 bits per heavy atom. The Hall–Kier alpha value is -0.610. The molecular formula is C14H25N3S. The van der Waals surface area contributed by atoms with Crippen molar-refractivity contribution in [3.8, 4) is 0 Å². The number of hydrogen-bond donors (Lipinski definition) is 1. The van der Waals surface area contributed by atoms with E-state index in [-0.39, 0.29) is 0 Å². The zero-order valence-electron chi connectivity index (χ0n) is 12.0. The van der Waals surface area contributed by atoms with E-state index in [2.05, 4.69) is 37.9 Å². The molecule has 0 amide bonds. The molecule has 0 saturated heterocycles. The third-order valence-electron chi connectivity index (χ3n) is 3.55. The van der Waals surface area contributed by atoms with Gasteiger partial charge in [-0.2, -0.15) is 0 Å². The van der Waals surface area contributed by atoms with Crippen LogP contribution in [0.2, 0.25) is 0 Å². The number of hydrogen-bond acceptors (Lipinski definition) is 4. The van der Waals surface area contributed by atoms with Gasteiger partial charge in [0.05, 0.1) is 5.69 Å². The van der Waals surface area contributed by atoms with Crippen LogP contribution in [0.5, 0.6) is 0 Å². The lowest BCUT2D eigenvalue weighted by molar-refractivity contribution is 0.603. The molecule has 1 aromatic rings. The molecule has 0 spiro atoms. The van der Waals surface area contributed by atoms with Gasteiger partial charge in [0, 0.05) is 24.0 Å². The maximum absolute atomic E-state index is 4.77. The van der Waals surface area contributed by atoms with Gasteiger partial charge in [-0.3, -0.25) is 0 Å². The van der Waals surface area contributed by atoms with Crippen molar-refractivity contribution >= 4 is 16.5 Å². The van der Waals surface area contributed by atoms with E-state index in [0.717, 1.165) is 19.0 Å². The second-order valence-electron chi connectivity index (χ2n) is 5.21. The van der Waals surface area contributed by atoms with Crippen LogP contribution < -0.4 is 10.2 Å². The molecule has 1 aromatic heterocycles. The van der Waals surface area contributed by atoms with Crippen LogP contribution in [0.25, 0.3) is 0 Å². The fourth-order valence-corrected chi connectivity index (χ4v) is 3.45. The Morgan fingerprint density at radius 1 is 1.44 bits per heavy atom. The van der Waals surface area contributed by atoms with Crippen LogP contribution in [0.15, 0.2) is 0 Å². The monoisotopic (exact) mass is 267 g/mol. The quantitative estimate of drug-likeness (QED) is 0.821. The molecule has 0 radical (unpaired) electrons. The summed E-state index contributed by atoms with van der Waals surface area (Å²) in [4.78, 5) is 8.60. The summed E-state index contributed by atoms with van der Waals surface area (Å²) in [6.45, 7) is 12.0. The van der Waals surface area contributed by atoms with Gasteiger partial charge in [-0.1, -0.05) is 6.92 Å². The van der Waals surface area contributed by atoms with Crippen LogP contribution >= 0.6 is 11.3 Å². The summed E-state index contributed by atoms with van der Waals surface area (Å²) in [6, 6.07) is 0.417. The summed E-state index contributed by atoms with van der Waals surface area (Å²) in [5, 5.41) is 4.69. The van der Waals surface area contributed by atoms with Crippen molar-refractivity contribution in [2.75, 3.05) is 24.5 Å². The molecule has 4 heteroatoms. The Morgan fingerprint density at radius 2 is 2.17 bits per heavy atom. The second-order valence-corrected chi connectivity index (χ2v) is 6.22. The number of thiazole rings is 1. The molecule has 1 heterocycles. The molecule has 102 valence electrons. The van der Waals surface area contributed by atoms with E-state index in [1.807, 2.05) is 11.3 Å². The van der Waals surface area contributed by atoms with Crippen molar-refractivity contribution < 1.29 is 0 Å². The number of aryl methyl sites for hydroxylation is 1. The highest BCUT2D eigenvalue weighted by atomic mass is 32.1. The zero-order chi connectivity index (χ0) is 13.1. The first-order valence-corrected chi connectivity index (χ1v) is 7.93. The molecule has 0 bridgehead atoms. The number of rotatable bonds is 7. The molecule has 1 aliphatic rings. The minimum atomic E-state index is 0.417. The topological polar surface area (TPSA) is 28.2 Å². The highest BCUT2D eigenvalue weighted by Crippen LogP contribution is 2.35. The first kappa shape index (κ1) is 13.8. The lowest BCUT2D eigenvalue weighted by atomic mass is 10.2. The van der Waals surface area contributed by atoms with Crippen LogP contribution in [0.1, 0.15) is 50.2 Å². The molecule has 1 atom stereocenters. The number of nitrogens with zero attached hydrogens (tertiary/aromatic N) is 2. The lowest BCUT2D eigenvalue weighted by Gasteiger charge is -2.19. The SMILES string of the molecule is CCNC(C)c1sc(N(CC)CC2CC2)nc1C. The van der Waals surface area contributed by atoms with E-state index in [1.165, 1.54) is 35.1 Å². The molecule has 1 unspecified atom stereocenters. The third kappa shape index (κ3) is 3.23. The van der Waals surface area contributed by atoms with Gasteiger partial charge in [0.25, 0.3) is 0 Å². The normalized spacial score (nSPS) is 16.9. The average molecular weight is 267 g/mol. The van der Waals surface area contributed by atoms with Crippen molar-refractivity contribution in [2.45, 2.75) is 46.6 Å². The van der Waals surface area contributed by atoms with Gasteiger partial charge in [0.2, 0.25) is 0 Å². The van der Waals surface area contributed by atoms with E-state index in [1.54, 1.807) is 0 Å². The average Bonchev–Trinajstić information content (AvgIpc) is 3.08.